The van der Waals surface area contributed by atoms with E-state index < -0.39 is 0 Å². The smallest absolute Gasteiger partial charge is 0.261 e. The summed E-state index contributed by atoms with van der Waals surface area (Å²) in [5.74, 6) is 2.38. The molecule has 0 bridgehead atoms. The van der Waals surface area contributed by atoms with Gasteiger partial charge in [-0.3, -0.25) is 4.79 Å². The molecule has 1 atom stereocenters. The number of benzene rings is 2. The third-order valence-electron chi connectivity index (χ3n) is 4.90. The average Bonchev–Trinajstić information content (AvgIpc) is 3.15. The molecule has 5 nitrogen and oxygen atoms in total. The molecular weight excluding hydrogens is 330 g/mol. The van der Waals surface area contributed by atoms with Crippen molar-refractivity contribution in [3.8, 4) is 17.2 Å². The van der Waals surface area contributed by atoms with Crippen molar-refractivity contribution in [1.29, 1.82) is 0 Å². The number of carbonyl (C=O) groups is 1. The number of methoxy groups -OCH3 is 3. The van der Waals surface area contributed by atoms with E-state index in [4.69, 9.17) is 14.2 Å². The van der Waals surface area contributed by atoms with Gasteiger partial charge in [0.25, 0.3) is 5.91 Å². The van der Waals surface area contributed by atoms with Gasteiger partial charge in [0.15, 0.2) is 0 Å². The van der Waals surface area contributed by atoms with Crippen LogP contribution >= 0.6 is 0 Å². The molecule has 2 aromatic carbocycles. The van der Waals surface area contributed by atoms with E-state index in [-0.39, 0.29) is 5.91 Å². The van der Waals surface area contributed by atoms with Gasteiger partial charge in [0.1, 0.15) is 22.8 Å². The van der Waals surface area contributed by atoms with Crippen molar-refractivity contribution in [3.05, 3.63) is 53.6 Å². The summed E-state index contributed by atoms with van der Waals surface area (Å²) in [6, 6.07) is 13.5. The van der Waals surface area contributed by atoms with Crippen LogP contribution in [0.1, 0.15) is 22.3 Å². The average molecular weight is 355 g/mol. The van der Waals surface area contributed by atoms with Crippen molar-refractivity contribution in [2.24, 2.45) is 5.92 Å². The maximum absolute atomic E-state index is 13.0. The quantitative estimate of drug-likeness (QED) is 0.797. The highest BCUT2D eigenvalue weighted by Crippen LogP contribution is 2.32. The van der Waals surface area contributed by atoms with Gasteiger partial charge in [-0.2, -0.15) is 0 Å². The van der Waals surface area contributed by atoms with E-state index in [1.54, 1.807) is 33.5 Å². The molecule has 138 valence electrons. The maximum atomic E-state index is 13.0. The molecule has 1 amide bonds. The summed E-state index contributed by atoms with van der Waals surface area (Å²) in [5.41, 5.74) is 1.77. The fraction of sp³-hybridized carbons (Fsp3) is 0.381. The van der Waals surface area contributed by atoms with Crippen LogP contribution in [0.15, 0.2) is 42.5 Å². The number of nitrogens with zero attached hydrogens (tertiary/aromatic N) is 1. The summed E-state index contributed by atoms with van der Waals surface area (Å²) >= 11 is 0. The Balaban J connectivity index is 1.69. The summed E-state index contributed by atoms with van der Waals surface area (Å²) in [4.78, 5) is 14.9. The lowest BCUT2D eigenvalue weighted by atomic mass is 9.99. The van der Waals surface area contributed by atoms with Crippen LogP contribution in [0.5, 0.6) is 17.2 Å². The predicted molar refractivity (Wildman–Crippen MR) is 100 cm³/mol. The first kappa shape index (κ1) is 18.1. The fourth-order valence-electron chi connectivity index (χ4n) is 3.50. The van der Waals surface area contributed by atoms with Crippen molar-refractivity contribution in [3.63, 3.8) is 0 Å². The van der Waals surface area contributed by atoms with Crippen molar-refractivity contribution < 1.29 is 19.0 Å². The number of likely N-dealkylation sites (tertiary alicyclic amines) is 1. The Labute approximate surface area is 154 Å². The highest BCUT2D eigenvalue weighted by atomic mass is 16.5. The number of hydrogen-bond donors (Lipinski definition) is 0. The van der Waals surface area contributed by atoms with Crippen LogP contribution in [0.25, 0.3) is 0 Å². The Morgan fingerprint density at radius 2 is 1.65 bits per heavy atom. The summed E-state index contributed by atoms with van der Waals surface area (Å²) in [6.07, 6.45) is 1.95. The maximum Gasteiger partial charge on any atom is 0.261 e. The second-order valence-corrected chi connectivity index (χ2v) is 6.50. The normalized spacial score (nSPS) is 16.4. The van der Waals surface area contributed by atoms with E-state index in [0.717, 1.165) is 31.7 Å². The van der Waals surface area contributed by atoms with Crippen molar-refractivity contribution in [2.75, 3.05) is 34.4 Å². The lowest BCUT2D eigenvalue weighted by Crippen LogP contribution is -2.29. The van der Waals surface area contributed by atoms with Gasteiger partial charge in [0.05, 0.1) is 21.3 Å². The van der Waals surface area contributed by atoms with Crippen molar-refractivity contribution >= 4 is 5.91 Å². The number of amides is 1. The van der Waals surface area contributed by atoms with Crippen LogP contribution in [0.4, 0.5) is 0 Å². The Bertz CT molecular complexity index is 735. The number of ether oxygens (including phenoxy) is 3. The minimum absolute atomic E-state index is 0.0310. The lowest BCUT2D eigenvalue weighted by Gasteiger charge is -2.20. The molecule has 26 heavy (non-hydrogen) atoms. The van der Waals surface area contributed by atoms with Gasteiger partial charge in [-0.05, 0) is 48.6 Å². The molecule has 0 aliphatic carbocycles. The van der Waals surface area contributed by atoms with Gasteiger partial charge >= 0.3 is 0 Å². The van der Waals surface area contributed by atoms with Gasteiger partial charge in [-0.1, -0.05) is 18.2 Å². The molecule has 1 fully saturated rings. The van der Waals surface area contributed by atoms with Crippen molar-refractivity contribution in [1.82, 2.24) is 4.90 Å². The molecule has 0 saturated carbocycles. The Hall–Kier alpha value is -2.69. The third-order valence-corrected chi connectivity index (χ3v) is 4.90. The minimum atomic E-state index is -0.0310. The second kappa shape index (κ2) is 8.13. The molecule has 1 unspecified atom stereocenters. The minimum Gasteiger partial charge on any atom is -0.497 e. The molecule has 1 heterocycles. The summed E-state index contributed by atoms with van der Waals surface area (Å²) in [7, 11) is 4.81. The Morgan fingerprint density at radius 1 is 1.00 bits per heavy atom. The largest absolute Gasteiger partial charge is 0.497 e. The van der Waals surface area contributed by atoms with E-state index in [9.17, 15) is 4.79 Å². The SMILES string of the molecule is COc1ccc(CC2CCN(C(=O)c3c(OC)cccc3OC)C2)cc1. The van der Waals surface area contributed by atoms with Gasteiger partial charge in [-0.15, -0.1) is 0 Å². The first-order valence-corrected chi connectivity index (χ1v) is 8.79. The van der Waals surface area contributed by atoms with Gasteiger partial charge in [0.2, 0.25) is 0 Å². The van der Waals surface area contributed by atoms with E-state index in [0.29, 0.717) is 23.0 Å². The highest BCUT2D eigenvalue weighted by molar-refractivity contribution is 5.99. The molecule has 1 saturated heterocycles. The Kier molecular flexibility index (Phi) is 5.66. The molecular formula is C21H25NO4. The molecule has 0 radical (unpaired) electrons. The summed E-state index contributed by atoms with van der Waals surface area (Å²) in [6.45, 7) is 1.49. The molecule has 1 aliphatic heterocycles. The molecule has 3 rings (SSSR count). The van der Waals surface area contributed by atoms with Gasteiger partial charge in [0, 0.05) is 13.1 Å². The first-order chi connectivity index (χ1) is 12.7. The molecule has 0 spiro atoms. The topological polar surface area (TPSA) is 48.0 Å². The Morgan fingerprint density at radius 3 is 2.23 bits per heavy atom. The molecule has 2 aromatic rings. The van der Waals surface area contributed by atoms with Crippen LogP contribution in [0.2, 0.25) is 0 Å². The zero-order valence-electron chi connectivity index (χ0n) is 15.5. The van der Waals surface area contributed by atoms with Crippen LogP contribution in [-0.4, -0.2) is 45.2 Å². The monoisotopic (exact) mass is 355 g/mol. The van der Waals surface area contributed by atoms with E-state index in [2.05, 4.69) is 12.1 Å². The summed E-state index contributed by atoms with van der Waals surface area (Å²) < 4.78 is 16.0. The van der Waals surface area contributed by atoms with Crippen LogP contribution < -0.4 is 14.2 Å². The molecule has 0 aromatic heterocycles. The van der Waals surface area contributed by atoms with Crippen LogP contribution in [-0.2, 0) is 6.42 Å². The zero-order chi connectivity index (χ0) is 18.5. The van der Waals surface area contributed by atoms with Gasteiger partial charge in [-0.25, -0.2) is 0 Å². The number of carbonyl (C=O) groups excluding carboxylic acids is 1. The van der Waals surface area contributed by atoms with Crippen LogP contribution in [0.3, 0.4) is 0 Å². The summed E-state index contributed by atoms with van der Waals surface area (Å²) in [5, 5.41) is 0. The molecule has 5 heteroatoms. The number of hydrogen-bond acceptors (Lipinski definition) is 4. The van der Waals surface area contributed by atoms with E-state index in [1.807, 2.05) is 23.1 Å². The second-order valence-electron chi connectivity index (χ2n) is 6.50. The standard InChI is InChI=1S/C21H25NO4/c1-24-17-9-7-15(8-10-17)13-16-11-12-22(14-16)21(23)20-18(25-2)5-4-6-19(20)26-3/h4-10,16H,11-14H2,1-3H3. The lowest BCUT2D eigenvalue weighted by molar-refractivity contribution is 0.0780. The molecule has 1 aliphatic rings. The number of rotatable bonds is 6. The fourth-order valence-corrected chi connectivity index (χ4v) is 3.50. The third kappa shape index (κ3) is 3.77. The first-order valence-electron chi connectivity index (χ1n) is 8.79. The van der Waals surface area contributed by atoms with Crippen LogP contribution in [0, 0.1) is 5.92 Å². The highest BCUT2D eigenvalue weighted by Gasteiger charge is 2.30. The molecule has 0 N–H and O–H groups in total. The predicted octanol–water partition coefficient (Wildman–Crippen LogP) is 3.42. The van der Waals surface area contributed by atoms with E-state index in [1.165, 1.54) is 5.56 Å². The zero-order valence-corrected chi connectivity index (χ0v) is 15.5. The van der Waals surface area contributed by atoms with E-state index >= 15 is 0 Å². The van der Waals surface area contributed by atoms with Gasteiger partial charge < -0.3 is 19.1 Å². The van der Waals surface area contributed by atoms with Crippen molar-refractivity contribution in [2.45, 2.75) is 12.8 Å².